The van der Waals surface area contributed by atoms with Crippen molar-refractivity contribution in [3.05, 3.63) is 40.6 Å². The minimum absolute atomic E-state index is 0.988. The lowest BCUT2D eigenvalue weighted by atomic mass is 10.1. The zero-order valence-corrected chi connectivity index (χ0v) is 13.9. The van der Waals surface area contributed by atoms with Gasteiger partial charge in [0, 0.05) is 17.9 Å². The number of hydrogen-bond donors (Lipinski definition) is 1. The van der Waals surface area contributed by atoms with E-state index in [1.54, 1.807) is 0 Å². The van der Waals surface area contributed by atoms with Gasteiger partial charge in [0.2, 0.25) is 0 Å². The van der Waals surface area contributed by atoms with Crippen molar-refractivity contribution in [1.29, 1.82) is 0 Å². The molecule has 3 rings (SSSR count). The Morgan fingerprint density at radius 1 is 1.24 bits per heavy atom. The van der Waals surface area contributed by atoms with Crippen molar-refractivity contribution in [3.63, 3.8) is 0 Å². The zero-order chi connectivity index (χ0) is 14.8. The number of hydrogen-bond acceptors (Lipinski definition) is 3. The van der Waals surface area contributed by atoms with Crippen LogP contribution in [0.2, 0.25) is 0 Å². The van der Waals surface area contributed by atoms with Crippen LogP contribution >= 0.6 is 11.8 Å². The number of nitrogens with one attached hydrogen (secondary N) is 1. The minimum Gasteiger partial charge on any atom is -0.370 e. The van der Waals surface area contributed by atoms with Gasteiger partial charge in [-0.15, -0.1) is 0 Å². The SMILES string of the molecule is CSCc1nn(-c2ccc(C)c(C)c2)c2c1CCCCN2. The first-order chi connectivity index (χ1) is 10.2. The second-order valence-corrected chi connectivity index (χ2v) is 6.64. The third-order valence-corrected chi connectivity index (χ3v) is 4.79. The van der Waals surface area contributed by atoms with E-state index in [2.05, 4.69) is 48.3 Å². The number of aromatic nitrogens is 2. The summed E-state index contributed by atoms with van der Waals surface area (Å²) in [5.74, 6) is 2.20. The Morgan fingerprint density at radius 3 is 2.86 bits per heavy atom. The number of rotatable bonds is 3. The molecule has 0 radical (unpaired) electrons. The fourth-order valence-electron chi connectivity index (χ4n) is 2.87. The third-order valence-electron chi connectivity index (χ3n) is 4.23. The highest BCUT2D eigenvalue weighted by Crippen LogP contribution is 2.30. The molecule has 4 heteroatoms. The van der Waals surface area contributed by atoms with Crippen LogP contribution in [0.25, 0.3) is 5.69 Å². The minimum atomic E-state index is 0.988. The Balaban J connectivity index is 2.10. The lowest BCUT2D eigenvalue weighted by Crippen LogP contribution is -2.07. The van der Waals surface area contributed by atoms with E-state index < -0.39 is 0 Å². The average molecular weight is 301 g/mol. The van der Waals surface area contributed by atoms with Gasteiger partial charge in [0.05, 0.1) is 11.4 Å². The van der Waals surface area contributed by atoms with Gasteiger partial charge in [0.1, 0.15) is 5.82 Å². The highest BCUT2D eigenvalue weighted by atomic mass is 32.2. The number of anilines is 1. The van der Waals surface area contributed by atoms with Crippen molar-refractivity contribution in [2.24, 2.45) is 0 Å². The predicted molar refractivity (Wildman–Crippen MR) is 91.7 cm³/mol. The van der Waals surface area contributed by atoms with E-state index in [1.807, 2.05) is 11.8 Å². The normalized spacial score (nSPS) is 14.4. The number of thioether (sulfide) groups is 1. The standard InChI is InChI=1S/C17H23N3S/c1-12-7-8-14(10-13(12)2)20-17-15(6-4-5-9-18-17)16(19-20)11-21-3/h7-8,10,18H,4-6,9,11H2,1-3H3. The largest absolute Gasteiger partial charge is 0.370 e. The van der Waals surface area contributed by atoms with Crippen LogP contribution in [-0.4, -0.2) is 22.6 Å². The number of fused-ring (bicyclic) bond motifs is 1. The molecule has 0 bridgehead atoms. The van der Waals surface area contributed by atoms with Gasteiger partial charge in [0.25, 0.3) is 0 Å². The first kappa shape index (κ1) is 14.5. The Bertz CT molecular complexity index is 646. The molecular weight excluding hydrogens is 278 g/mol. The van der Waals surface area contributed by atoms with E-state index in [1.165, 1.54) is 41.0 Å². The fraction of sp³-hybridized carbons (Fsp3) is 0.471. The summed E-state index contributed by atoms with van der Waals surface area (Å²) in [6.45, 7) is 5.36. The molecule has 1 aliphatic heterocycles. The van der Waals surface area contributed by atoms with Crippen LogP contribution in [0.1, 0.15) is 35.2 Å². The molecular formula is C17H23N3S. The quantitative estimate of drug-likeness (QED) is 0.925. The molecule has 2 aromatic rings. The number of nitrogens with zero attached hydrogens (tertiary/aromatic N) is 2. The summed E-state index contributed by atoms with van der Waals surface area (Å²) in [6, 6.07) is 6.59. The van der Waals surface area contributed by atoms with Crippen molar-refractivity contribution in [1.82, 2.24) is 9.78 Å². The summed E-state index contributed by atoms with van der Waals surface area (Å²) in [7, 11) is 0. The molecule has 0 atom stereocenters. The molecule has 0 spiro atoms. The van der Waals surface area contributed by atoms with E-state index in [0.29, 0.717) is 0 Å². The molecule has 0 fully saturated rings. The van der Waals surface area contributed by atoms with Crippen LogP contribution < -0.4 is 5.32 Å². The van der Waals surface area contributed by atoms with Crippen LogP contribution in [0.4, 0.5) is 5.82 Å². The van der Waals surface area contributed by atoms with E-state index in [9.17, 15) is 0 Å². The molecule has 1 N–H and O–H groups in total. The van der Waals surface area contributed by atoms with Crippen LogP contribution in [0.5, 0.6) is 0 Å². The lowest BCUT2D eigenvalue weighted by molar-refractivity contribution is 0.771. The second kappa shape index (κ2) is 6.14. The summed E-state index contributed by atoms with van der Waals surface area (Å²) in [6.07, 6.45) is 5.77. The predicted octanol–water partition coefficient (Wildman–Crippen LogP) is 4.10. The van der Waals surface area contributed by atoms with Crippen LogP contribution in [0, 0.1) is 13.8 Å². The topological polar surface area (TPSA) is 29.9 Å². The molecule has 2 heterocycles. The molecule has 1 aromatic heterocycles. The summed E-state index contributed by atoms with van der Waals surface area (Å²) >= 11 is 1.84. The molecule has 0 amide bonds. The Kier molecular flexibility index (Phi) is 4.24. The van der Waals surface area contributed by atoms with E-state index >= 15 is 0 Å². The summed E-state index contributed by atoms with van der Waals surface area (Å²) in [5, 5.41) is 8.49. The molecule has 21 heavy (non-hydrogen) atoms. The van der Waals surface area contributed by atoms with Crippen LogP contribution in [0.15, 0.2) is 18.2 Å². The average Bonchev–Trinajstić information content (AvgIpc) is 2.66. The molecule has 0 aliphatic carbocycles. The van der Waals surface area contributed by atoms with Gasteiger partial charge < -0.3 is 5.32 Å². The maximum atomic E-state index is 4.90. The first-order valence-electron chi connectivity index (χ1n) is 7.62. The van der Waals surface area contributed by atoms with Gasteiger partial charge >= 0.3 is 0 Å². The fourth-order valence-corrected chi connectivity index (χ4v) is 3.38. The summed E-state index contributed by atoms with van der Waals surface area (Å²) in [5.41, 5.74) is 6.47. The van der Waals surface area contributed by atoms with Crippen LogP contribution in [-0.2, 0) is 12.2 Å². The molecule has 0 saturated carbocycles. The van der Waals surface area contributed by atoms with Gasteiger partial charge in [0.15, 0.2) is 0 Å². The molecule has 0 unspecified atom stereocenters. The van der Waals surface area contributed by atoms with Crippen LogP contribution in [0.3, 0.4) is 0 Å². The van der Waals surface area contributed by atoms with Crippen molar-refractivity contribution < 1.29 is 0 Å². The Morgan fingerprint density at radius 2 is 2.10 bits per heavy atom. The highest BCUT2D eigenvalue weighted by Gasteiger charge is 2.20. The maximum absolute atomic E-state index is 4.90. The van der Waals surface area contributed by atoms with Gasteiger partial charge in [-0.25, -0.2) is 4.68 Å². The maximum Gasteiger partial charge on any atom is 0.133 e. The summed E-state index contributed by atoms with van der Waals surface area (Å²) < 4.78 is 2.11. The molecule has 3 nitrogen and oxygen atoms in total. The van der Waals surface area contributed by atoms with Gasteiger partial charge in [-0.1, -0.05) is 6.07 Å². The van der Waals surface area contributed by atoms with E-state index in [-0.39, 0.29) is 0 Å². The molecule has 112 valence electrons. The van der Waals surface area contributed by atoms with Crippen molar-refractivity contribution in [2.75, 3.05) is 18.1 Å². The number of aryl methyl sites for hydroxylation is 2. The van der Waals surface area contributed by atoms with Gasteiger partial charge in [-0.05, 0) is 62.6 Å². The number of benzene rings is 1. The van der Waals surface area contributed by atoms with Crippen molar-refractivity contribution in [2.45, 2.75) is 38.9 Å². The lowest BCUT2D eigenvalue weighted by Gasteiger charge is -2.11. The highest BCUT2D eigenvalue weighted by molar-refractivity contribution is 7.97. The Labute approximate surface area is 131 Å². The third kappa shape index (κ3) is 2.82. The summed E-state index contributed by atoms with van der Waals surface area (Å²) in [4.78, 5) is 0. The molecule has 1 aliphatic rings. The van der Waals surface area contributed by atoms with Gasteiger partial charge in [-0.3, -0.25) is 0 Å². The zero-order valence-electron chi connectivity index (χ0n) is 13.1. The Hall–Kier alpha value is -1.42. The second-order valence-electron chi connectivity index (χ2n) is 5.77. The monoisotopic (exact) mass is 301 g/mol. The molecule has 1 aromatic carbocycles. The van der Waals surface area contributed by atoms with E-state index in [0.717, 1.165) is 24.4 Å². The molecule has 0 saturated heterocycles. The van der Waals surface area contributed by atoms with E-state index in [4.69, 9.17) is 5.10 Å². The van der Waals surface area contributed by atoms with Crippen molar-refractivity contribution in [3.8, 4) is 5.69 Å². The smallest absolute Gasteiger partial charge is 0.133 e. The van der Waals surface area contributed by atoms with Gasteiger partial charge in [-0.2, -0.15) is 16.9 Å². The first-order valence-corrected chi connectivity index (χ1v) is 9.01. The van der Waals surface area contributed by atoms with Crippen molar-refractivity contribution >= 4 is 17.6 Å².